The van der Waals surface area contributed by atoms with Crippen molar-refractivity contribution in [2.75, 3.05) is 19.3 Å². The minimum atomic E-state index is -0.567. The van der Waals surface area contributed by atoms with E-state index < -0.39 is 6.10 Å². The first-order chi connectivity index (χ1) is 11.7. The maximum absolute atomic E-state index is 12.5. The third kappa shape index (κ3) is 4.16. The Balaban J connectivity index is 1.57. The van der Waals surface area contributed by atoms with Crippen molar-refractivity contribution in [3.8, 4) is 0 Å². The number of amides is 1. The number of aromatic nitrogens is 1. The number of β-amino-alcohol motifs (C(OH)–C–C–N with tert-alkyl or cyclic N) is 1. The highest BCUT2D eigenvalue weighted by molar-refractivity contribution is 7.98. The van der Waals surface area contributed by atoms with E-state index in [4.69, 9.17) is 0 Å². The average molecular weight is 364 g/mol. The van der Waals surface area contributed by atoms with Crippen LogP contribution in [0.25, 0.3) is 0 Å². The molecule has 0 unspecified atom stereocenters. The predicted molar refractivity (Wildman–Crippen MR) is 97.5 cm³/mol. The molecule has 24 heavy (non-hydrogen) atoms. The summed E-state index contributed by atoms with van der Waals surface area (Å²) in [5, 5.41) is 15.4. The summed E-state index contributed by atoms with van der Waals surface area (Å²) in [4.78, 5) is 19.9. The number of aliphatic hydroxyl groups excluding tert-OH is 1. The van der Waals surface area contributed by atoms with Crippen molar-refractivity contribution in [3.05, 3.63) is 46.4 Å². The highest BCUT2D eigenvalue weighted by Gasteiger charge is 2.29. The molecule has 128 valence electrons. The number of hydrogen-bond donors (Lipinski definition) is 2. The van der Waals surface area contributed by atoms with Gasteiger partial charge in [0, 0.05) is 29.9 Å². The molecular weight excluding hydrogens is 342 g/mol. The maximum atomic E-state index is 12.5. The lowest BCUT2D eigenvalue weighted by molar-refractivity contribution is 0.0345. The van der Waals surface area contributed by atoms with Gasteiger partial charge >= 0.3 is 0 Å². The molecule has 2 aromatic rings. The van der Waals surface area contributed by atoms with Gasteiger partial charge in [-0.25, -0.2) is 4.98 Å². The van der Waals surface area contributed by atoms with E-state index in [1.807, 2.05) is 41.4 Å². The fourth-order valence-corrected chi connectivity index (χ4v) is 4.08. The van der Waals surface area contributed by atoms with Gasteiger partial charge in [0.2, 0.25) is 0 Å². The van der Waals surface area contributed by atoms with Gasteiger partial charge in [-0.1, -0.05) is 12.1 Å². The predicted octanol–water partition coefficient (Wildman–Crippen LogP) is 2.23. The molecule has 0 saturated carbocycles. The molecule has 1 fully saturated rings. The van der Waals surface area contributed by atoms with Crippen molar-refractivity contribution in [1.82, 2.24) is 15.2 Å². The number of nitrogens with one attached hydrogen (secondary N) is 1. The van der Waals surface area contributed by atoms with Crippen molar-refractivity contribution in [2.45, 2.75) is 30.0 Å². The smallest absolute Gasteiger partial charge is 0.252 e. The Hall–Kier alpha value is -1.41. The number of rotatable bonds is 5. The van der Waals surface area contributed by atoms with Crippen LogP contribution in [0.15, 0.2) is 40.1 Å². The van der Waals surface area contributed by atoms with Crippen molar-refractivity contribution in [2.24, 2.45) is 0 Å². The van der Waals surface area contributed by atoms with Crippen LogP contribution in [0, 0.1) is 0 Å². The van der Waals surface area contributed by atoms with Crippen molar-refractivity contribution in [1.29, 1.82) is 0 Å². The van der Waals surface area contributed by atoms with Crippen LogP contribution in [0.3, 0.4) is 0 Å². The van der Waals surface area contributed by atoms with E-state index in [1.165, 1.54) is 0 Å². The van der Waals surface area contributed by atoms with Crippen molar-refractivity contribution in [3.63, 3.8) is 0 Å². The highest BCUT2D eigenvalue weighted by atomic mass is 32.2. The fraction of sp³-hybridized carbons (Fsp3) is 0.412. The zero-order chi connectivity index (χ0) is 16.9. The monoisotopic (exact) mass is 363 g/mol. The van der Waals surface area contributed by atoms with Crippen LogP contribution < -0.4 is 5.32 Å². The molecule has 7 heteroatoms. The highest BCUT2D eigenvalue weighted by Crippen LogP contribution is 2.21. The van der Waals surface area contributed by atoms with Gasteiger partial charge in [-0.15, -0.1) is 23.1 Å². The van der Waals surface area contributed by atoms with Gasteiger partial charge in [-0.05, 0) is 24.8 Å². The Morgan fingerprint density at radius 1 is 1.50 bits per heavy atom. The first-order valence-electron chi connectivity index (χ1n) is 7.88. The van der Waals surface area contributed by atoms with E-state index in [0.29, 0.717) is 12.1 Å². The Bertz CT molecular complexity index is 678. The van der Waals surface area contributed by atoms with Crippen LogP contribution in [-0.2, 0) is 6.54 Å². The number of hydrogen-bond acceptors (Lipinski definition) is 6. The lowest BCUT2D eigenvalue weighted by Crippen LogP contribution is -2.53. The van der Waals surface area contributed by atoms with E-state index in [0.717, 1.165) is 30.1 Å². The Morgan fingerprint density at radius 2 is 2.33 bits per heavy atom. The number of carbonyl (C=O) groups excluding carboxylic acids is 1. The number of piperidine rings is 1. The maximum Gasteiger partial charge on any atom is 0.252 e. The van der Waals surface area contributed by atoms with Gasteiger partial charge in [0.1, 0.15) is 0 Å². The number of nitrogens with zero attached hydrogens (tertiary/aromatic N) is 2. The molecule has 5 nitrogen and oxygen atoms in total. The molecule has 0 bridgehead atoms. The molecule has 2 heterocycles. The van der Waals surface area contributed by atoms with Crippen LogP contribution in [0.1, 0.15) is 22.5 Å². The number of thiazole rings is 1. The fourth-order valence-electron chi connectivity index (χ4n) is 2.93. The van der Waals surface area contributed by atoms with Crippen LogP contribution >= 0.6 is 23.1 Å². The molecule has 3 rings (SSSR count). The first kappa shape index (κ1) is 17.4. The number of carbonyl (C=O) groups is 1. The van der Waals surface area contributed by atoms with Crippen LogP contribution in [0.5, 0.6) is 0 Å². The second-order valence-corrected chi connectivity index (χ2v) is 7.42. The third-order valence-corrected chi connectivity index (χ3v) is 5.63. The van der Waals surface area contributed by atoms with Crippen LogP contribution in [-0.4, -0.2) is 52.4 Å². The van der Waals surface area contributed by atoms with Gasteiger partial charge in [-0.3, -0.25) is 9.69 Å². The Morgan fingerprint density at radius 3 is 3.04 bits per heavy atom. The van der Waals surface area contributed by atoms with E-state index >= 15 is 0 Å². The van der Waals surface area contributed by atoms with Crippen LogP contribution in [0.4, 0.5) is 0 Å². The SMILES string of the molecule is CSc1ccccc1C(=O)N[C@@H]1CCN(Cc2cscn2)C[C@H]1O. The molecule has 0 aliphatic carbocycles. The zero-order valence-corrected chi connectivity index (χ0v) is 15.1. The van der Waals surface area contributed by atoms with Crippen molar-refractivity contribution < 1.29 is 9.90 Å². The quantitative estimate of drug-likeness (QED) is 0.798. The molecule has 2 atom stereocenters. The molecular formula is C17H21N3O2S2. The van der Waals surface area contributed by atoms with E-state index in [2.05, 4.69) is 15.2 Å². The van der Waals surface area contributed by atoms with E-state index in [1.54, 1.807) is 23.1 Å². The molecule has 1 aliphatic rings. The second kappa shape index (κ2) is 8.11. The summed E-state index contributed by atoms with van der Waals surface area (Å²) in [5.74, 6) is -0.114. The third-order valence-electron chi connectivity index (χ3n) is 4.20. The van der Waals surface area contributed by atoms with Gasteiger partial charge in [0.05, 0.1) is 28.9 Å². The molecule has 1 aromatic heterocycles. The molecule has 2 N–H and O–H groups in total. The lowest BCUT2D eigenvalue weighted by Gasteiger charge is -2.36. The van der Waals surface area contributed by atoms with E-state index in [-0.39, 0.29) is 11.9 Å². The first-order valence-corrected chi connectivity index (χ1v) is 10.1. The summed E-state index contributed by atoms with van der Waals surface area (Å²) >= 11 is 3.13. The summed E-state index contributed by atoms with van der Waals surface area (Å²) in [6, 6.07) is 7.34. The van der Waals surface area contributed by atoms with Crippen LogP contribution in [0.2, 0.25) is 0 Å². The molecule has 1 aliphatic heterocycles. The minimum absolute atomic E-state index is 0.114. The topological polar surface area (TPSA) is 65.5 Å². The molecule has 0 spiro atoms. The van der Waals surface area contributed by atoms with Gasteiger partial charge in [-0.2, -0.15) is 0 Å². The molecule has 0 radical (unpaired) electrons. The summed E-state index contributed by atoms with van der Waals surface area (Å²) < 4.78 is 0. The Labute approximate surface area is 150 Å². The van der Waals surface area contributed by atoms with Gasteiger partial charge in [0.25, 0.3) is 5.91 Å². The summed E-state index contributed by atoms with van der Waals surface area (Å²) in [6.45, 7) is 2.13. The molecule has 1 amide bonds. The number of benzene rings is 1. The number of thioether (sulfide) groups is 1. The number of likely N-dealkylation sites (tertiary alicyclic amines) is 1. The average Bonchev–Trinajstić information content (AvgIpc) is 3.10. The summed E-state index contributed by atoms with van der Waals surface area (Å²) in [6.07, 6.45) is 2.12. The zero-order valence-electron chi connectivity index (χ0n) is 13.5. The normalized spacial score (nSPS) is 21.6. The molecule has 1 saturated heterocycles. The van der Waals surface area contributed by atoms with Crippen molar-refractivity contribution >= 4 is 29.0 Å². The summed E-state index contributed by atoms with van der Waals surface area (Å²) in [5.41, 5.74) is 3.52. The van der Waals surface area contributed by atoms with Gasteiger partial charge in [0.15, 0.2) is 0 Å². The van der Waals surface area contributed by atoms with E-state index in [9.17, 15) is 9.90 Å². The standard InChI is InChI=1S/C17H21N3O2S2/c1-23-16-5-3-2-4-13(16)17(22)19-14-6-7-20(9-15(14)21)8-12-10-24-11-18-12/h2-5,10-11,14-15,21H,6-9H2,1H3,(H,19,22)/t14-,15-/m1/s1. The Kier molecular flexibility index (Phi) is 5.89. The number of aliphatic hydroxyl groups is 1. The largest absolute Gasteiger partial charge is 0.390 e. The van der Waals surface area contributed by atoms with Gasteiger partial charge < -0.3 is 10.4 Å². The second-order valence-electron chi connectivity index (χ2n) is 5.85. The minimum Gasteiger partial charge on any atom is -0.390 e. The molecule has 1 aromatic carbocycles. The summed E-state index contributed by atoms with van der Waals surface area (Å²) in [7, 11) is 0. The lowest BCUT2D eigenvalue weighted by atomic mass is 10.0.